The molecule has 6 heteroatoms. The summed E-state index contributed by atoms with van der Waals surface area (Å²) in [5, 5.41) is 3.78. The molecule has 1 fully saturated rings. The average molecular weight is 299 g/mol. The monoisotopic (exact) mass is 298 g/mol. The van der Waals surface area contributed by atoms with Crippen LogP contribution in [0.2, 0.25) is 0 Å². The highest BCUT2D eigenvalue weighted by atomic mass is 35.5. The van der Waals surface area contributed by atoms with E-state index in [4.69, 9.17) is 11.6 Å². The first-order valence-corrected chi connectivity index (χ1v) is 7.62. The summed E-state index contributed by atoms with van der Waals surface area (Å²) >= 11 is 5.87. The molecule has 20 heavy (non-hydrogen) atoms. The van der Waals surface area contributed by atoms with Gasteiger partial charge in [-0.05, 0) is 25.8 Å². The minimum atomic E-state index is -0.433. The first-order valence-electron chi connectivity index (χ1n) is 7.18. The van der Waals surface area contributed by atoms with Gasteiger partial charge >= 0.3 is 0 Å². The Hall–Kier alpha value is -1.07. The second-order valence-electron chi connectivity index (χ2n) is 5.41. The van der Waals surface area contributed by atoms with Gasteiger partial charge in [-0.25, -0.2) is 0 Å². The smallest absolute Gasteiger partial charge is 0.240 e. The van der Waals surface area contributed by atoms with Gasteiger partial charge in [0.05, 0.1) is 6.54 Å². The highest BCUT2D eigenvalue weighted by Crippen LogP contribution is 2.17. The predicted molar refractivity (Wildman–Crippen MR) is 79.8 cm³/mol. The third-order valence-electron chi connectivity index (χ3n) is 4.00. The molecule has 1 saturated heterocycles. The Kier molecular flexibility index (Phi) is 5.43. The molecule has 0 spiro atoms. The van der Waals surface area contributed by atoms with E-state index in [1.807, 2.05) is 28.9 Å². The number of halogens is 1. The summed E-state index contributed by atoms with van der Waals surface area (Å²) in [4.78, 5) is 16.1. The minimum absolute atomic E-state index is 0.0293. The lowest BCUT2D eigenvalue weighted by Gasteiger charge is -2.37. The lowest BCUT2D eigenvalue weighted by molar-refractivity contribution is -0.132. The van der Waals surface area contributed by atoms with Gasteiger partial charge in [0, 0.05) is 45.1 Å². The number of alkyl halides is 1. The fraction of sp³-hybridized carbons (Fsp3) is 0.714. The van der Waals surface area contributed by atoms with Crippen molar-refractivity contribution in [1.29, 1.82) is 0 Å². The van der Waals surface area contributed by atoms with E-state index in [0.717, 1.165) is 39.0 Å². The summed E-state index contributed by atoms with van der Waals surface area (Å²) in [5.74, 6) is 0.0293. The van der Waals surface area contributed by atoms with Gasteiger partial charge in [0.25, 0.3) is 0 Å². The van der Waals surface area contributed by atoms with E-state index in [-0.39, 0.29) is 5.91 Å². The van der Waals surface area contributed by atoms with Crippen LogP contribution in [-0.4, -0.2) is 63.6 Å². The topological polar surface area (TPSA) is 41.4 Å². The number of nitrogens with zero attached hydrogens (tertiary/aromatic N) is 4. The second-order valence-corrected chi connectivity index (χ2v) is 6.06. The van der Waals surface area contributed by atoms with Crippen LogP contribution >= 0.6 is 11.6 Å². The molecule has 1 aromatic heterocycles. The number of carbonyl (C=O) groups is 1. The van der Waals surface area contributed by atoms with Gasteiger partial charge in [0.2, 0.25) is 5.91 Å². The van der Waals surface area contributed by atoms with Crippen LogP contribution in [0.15, 0.2) is 18.5 Å². The number of amides is 1. The largest absolute Gasteiger partial charge is 0.341 e. The molecule has 0 saturated carbocycles. The average Bonchev–Trinajstić information content (AvgIpc) is 2.97. The van der Waals surface area contributed by atoms with E-state index in [9.17, 15) is 4.79 Å². The third kappa shape index (κ3) is 3.96. The Balaban J connectivity index is 1.73. The number of aromatic nitrogens is 2. The van der Waals surface area contributed by atoms with Crippen molar-refractivity contribution in [3.8, 4) is 0 Å². The van der Waals surface area contributed by atoms with Gasteiger partial charge in [-0.15, -0.1) is 11.6 Å². The molecular formula is C14H23ClN4O. The first kappa shape index (κ1) is 15.3. The molecule has 1 aromatic rings. The standard InChI is InChI=1S/C14H23ClN4O/c1-12(15)14(20)17(2)13-4-8-18(9-5-13)10-11-19-7-3-6-16-19/h3,6-7,12-13H,4-5,8-11H2,1-2H3. The summed E-state index contributed by atoms with van der Waals surface area (Å²) in [7, 11) is 1.87. The molecule has 5 nitrogen and oxygen atoms in total. The lowest BCUT2D eigenvalue weighted by Crippen LogP contribution is -2.47. The number of rotatable bonds is 5. The molecule has 1 aliphatic rings. The van der Waals surface area contributed by atoms with Crippen molar-refractivity contribution in [3.05, 3.63) is 18.5 Å². The van der Waals surface area contributed by atoms with Crippen LogP contribution in [0.25, 0.3) is 0 Å². The lowest BCUT2D eigenvalue weighted by atomic mass is 10.0. The van der Waals surface area contributed by atoms with Crippen molar-refractivity contribution in [1.82, 2.24) is 19.6 Å². The highest BCUT2D eigenvalue weighted by Gasteiger charge is 2.26. The van der Waals surface area contributed by atoms with Gasteiger partial charge in [-0.2, -0.15) is 5.10 Å². The van der Waals surface area contributed by atoms with E-state index in [0.29, 0.717) is 6.04 Å². The number of likely N-dealkylation sites (tertiary alicyclic amines) is 1. The zero-order chi connectivity index (χ0) is 14.5. The van der Waals surface area contributed by atoms with Crippen LogP contribution in [-0.2, 0) is 11.3 Å². The normalized spacial score (nSPS) is 18.9. The number of piperidine rings is 1. The molecule has 112 valence electrons. The second kappa shape index (κ2) is 7.09. The molecule has 1 aliphatic heterocycles. The Labute approximate surface area is 125 Å². The van der Waals surface area contributed by atoms with E-state index in [1.165, 1.54) is 0 Å². The van der Waals surface area contributed by atoms with Gasteiger partial charge in [0.15, 0.2) is 0 Å². The molecule has 0 radical (unpaired) electrons. The van der Waals surface area contributed by atoms with Crippen LogP contribution in [0.1, 0.15) is 19.8 Å². The fourth-order valence-electron chi connectivity index (χ4n) is 2.67. The summed E-state index contributed by atoms with van der Waals surface area (Å²) in [5.41, 5.74) is 0. The van der Waals surface area contributed by atoms with Crippen LogP contribution in [0.5, 0.6) is 0 Å². The van der Waals surface area contributed by atoms with E-state index in [1.54, 1.807) is 13.1 Å². The van der Waals surface area contributed by atoms with E-state index < -0.39 is 5.38 Å². The summed E-state index contributed by atoms with van der Waals surface area (Å²) in [6.45, 7) is 5.73. The van der Waals surface area contributed by atoms with Crippen LogP contribution < -0.4 is 0 Å². The van der Waals surface area contributed by atoms with Gasteiger partial charge < -0.3 is 9.80 Å². The molecule has 2 rings (SSSR count). The first-order chi connectivity index (χ1) is 9.58. The maximum atomic E-state index is 11.9. The third-order valence-corrected chi connectivity index (χ3v) is 4.18. The van der Waals surface area contributed by atoms with Gasteiger partial charge in [-0.3, -0.25) is 9.48 Å². The van der Waals surface area contributed by atoms with Crippen molar-refractivity contribution in [2.45, 2.75) is 37.7 Å². The minimum Gasteiger partial charge on any atom is -0.341 e. The van der Waals surface area contributed by atoms with E-state index >= 15 is 0 Å². The summed E-state index contributed by atoms with van der Waals surface area (Å²) < 4.78 is 1.96. The quantitative estimate of drug-likeness (QED) is 0.772. The molecule has 1 amide bonds. The SMILES string of the molecule is CC(Cl)C(=O)N(C)C1CCN(CCn2cccn2)CC1. The fourth-order valence-corrected chi connectivity index (χ4v) is 2.82. The maximum Gasteiger partial charge on any atom is 0.240 e. The van der Waals surface area contributed by atoms with Crippen molar-refractivity contribution in [2.75, 3.05) is 26.7 Å². The summed E-state index contributed by atoms with van der Waals surface area (Å²) in [6, 6.07) is 2.27. The highest BCUT2D eigenvalue weighted by molar-refractivity contribution is 6.30. The Morgan fingerprint density at radius 2 is 2.15 bits per heavy atom. The van der Waals surface area contributed by atoms with Crippen molar-refractivity contribution < 1.29 is 4.79 Å². The van der Waals surface area contributed by atoms with Crippen molar-refractivity contribution in [3.63, 3.8) is 0 Å². The van der Waals surface area contributed by atoms with Gasteiger partial charge in [-0.1, -0.05) is 0 Å². The molecule has 0 aromatic carbocycles. The molecule has 0 N–H and O–H groups in total. The molecule has 0 aliphatic carbocycles. The molecule has 1 unspecified atom stereocenters. The maximum absolute atomic E-state index is 11.9. The molecule has 0 bridgehead atoms. The number of hydrogen-bond acceptors (Lipinski definition) is 3. The zero-order valence-electron chi connectivity index (χ0n) is 12.2. The van der Waals surface area contributed by atoms with Crippen LogP contribution in [0.4, 0.5) is 0 Å². The Morgan fingerprint density at radius 1 is 1.45 bits per heavy atom. The Bertz CT molecular complexity index is 413. The Morgan fingerprint density at radius 3 is 2.70 bits per heavy atom. The van der Waals surface area contributed by atoms with E-state index in [2.05, 4.69) is 10.00 Å². The van der Waals surface area contributed by atoms with Crippen LogP contribution in [0.3, 0.4) is 0 Å². The van der Waals surface area contributed by atoms with Gasteiger partial charge in [0.1, 0.15) is 5.38 Å². The number of carbonyl (C=O) groups excluding carboxylic acids is 1. The van der Waals surface area contributed by atoms with Crippen LogP contribution in [0, 0.1) is 0 Å². The van der Waals surface area contributed by atoms with Crippen molar-refractivity contribution in [2.24, 2.45) is 0 Å². The number of hydrogen-bond donors (Lipinski definition) is 0. The molecule has 2 heterocycles. The summed E-state index contributed by atoms with van der Waals surface area (Å²) in [6.07, 6.45) is 5.83. The van der Waals surface area contributed by atoms with Crippen molar-refractivity contribution >= 4 is 17.5 Å². The molecule has 1 atom stereocenters. The molecular weight excluding hydrogens is 276 g/mol. The predicted octanol–water partition coefficient (Wildman–Crippen LogP) is 1.43. The zero-order valence-corrected chi connectivity index (χ0v) is 13.0.